The van der Waals surface area contributed by atoms with Gasteiger partial charge in [0.2, 0.25) is 0 Å². The van der Waals surface area contributed by atoms with Gasteiger partial charge in [0.05, 0.1) is 11.8 Å². The molecule has 0 spiro atoms. The van der Waals surface area contributed by atoms with Crippen LogP contribution >= 0.6 is 0 Å². The highest BCUT2D eigenvalue weighted by Gasteiger charge is 2.17. The Kier molecular flexibility index (Phi) is 5.53. The van der Waals surface area contributed by atoms with Gasteiger partial charge in [-0.3, -0.25) is 20.4 Å². The Balaban J connectivity index is 1.37. The van der Waals surface area contributed by atoms with E-state index >= 15 is 0 Å². The fraction of sp³-hybridized carbons (Fsp3) is 0.217. The molecule has 0 fully saturated rings. The monoisotopic (exact) mass is 417 g/mol. The number of fused-ring (bicyclic) bond motifs is 2. The molecule has 2 aromatic carbocycles. The molecule has 0 saturated carbocycles. The van der Waals surface area contributed by atoms with Gasteiger partial charge >= 0.3 is 0 Å². The van der Waals surface area contributed by atoms with E-state index in [1.807, 2.05) is 56.3 Å². The number of benzene rings is 2. The van der Waals surface area contributed by atoms with Gasteiger partial charge < -0.3 is 4.74 Å². The van der Waals surface area contributed by atoms with Crippen LogP contribution in [-0.2, 0) is 4.79 Å². The van der Waals surface area contributed by atoms with Crippen LogP contribution < -0.4 is 15.6 Å². The SMILES string of the molecule is CC(Oc1ccc2ccccc2c1)C(=O)NNC(=O)c1cnc2c(cnn2C(C)C)c1. The number of pyridine rings is 1. The largest absolute Gasteiger partial charge is 0.481 e. The van der Waals surface area contributed by atoms with Crippen molar-refractivity contribution in [3.8, 4) is 5.75 Å². The zero-order valence-electron chi connectivity index (χ0n) is 17.5. The molecule has 2 aromatic heterocycles. The van der Waals surface area contributed by atoms with Crippen LogP contribution in [0.2, 0.25) is 0 Å². The molecule has 4 rings (SSSR count). The average molecular weight is 417 g/mol. The van der Waals surface area contributed by atoms with Crippen molar-refractivity contribution < 1.29 is 14.3 Å². The van der Waals surface area contributed by atoms with E-state index in [0.29, 0.717) is 17.0 Å². The number of aromatic nitrogens is 3. The maximum Gasteiger partial charge on any atom is 0.279 e. The first-order valence-electron chi connectivity index (χ1n) is 10.0. The standard InChI is InChI=1S/C23H23N5O3/c1-14(2)28-21-18(13-25-28)10-19(12-24-21)23(30)27-26-22(29)15(3)31-20-9-8-16-6-4-5-7-17(16)11-20/h4-15H,1-3H3,(H,26,29)(H,27,30). The predicted octanol–water partition coefficient (Wildman–Crippen LogP) is 3.39. The molecule has 2 amide bonds. The first-order chi connectivity index (χ1) is 14.9. The highest BCUT2D eigenvalue weighted by Crippen LogP contribution is 2.21. The van der Waals surface area contributed by atoms with Gasteiger partial charge in [-0.1, -0.05) is 30.3 Å². The molecule has 0 bridgehead atoms. The van der Waals surface area contributed by atoms with Crippen LogP contribution in [0.5, 0.6) is 5.75 Å². The second-order valence-electron chi connectivity index (χ2n) is 7.53. The topological polar surface area (TPSA) is 98.1 Å². The molecule has 2 heterocycles. The Morgan fingerprint density at radius 1 is 0.935 bits per heavy atom. The lowest BCUT2D eigenvalue weighted by Gasteiger charge is -2.15. The summed E-state index contributed by atoms with van der Waals surface area (Å²) in [6.07, 6.45) is 2.32. The van der Waals surface area contributed by atoms with E-state index in [2.05, 4.69) is 20.9 Å². The molecule has 8 nitrogen and oxygen atoms in total. The zero-order chi connectivity index (χ0) is 22.0. The zero-order valence-corrected chi connectivity index (χ0v) is 17.5. The predicted molar refractivity (Wildman–Crippen MR) is 118 cm³/mol. The number of hydrogen-bond acceptors (Lipinski definition) is 5. The van der Waals surface area contributed by atoms with Crippen LogP contribution in [0.15, 0.2) is 60.9 Å². The Morgan fingerprint density at radius 3 is 2.48 bits per heavy atom. The molecule has 31 heavy (non-hydrogen) atoms. The van der Waals surface area contributed by atoms with E-state index in [-0.39, 0.29) is 6.04 Å². The number of carbonyl (C=O) groups is 2. The Morgan fingerprint density at radius 2 is 1.71 bits per heavy atom. The van der Waals surface area contributed by atoms with Crippen LogP contribution in [-0.4, -0.2) is 32.7 Å². The molecular formula is C23H23N5O3. The van der Waals surface area contributed by atoms with E-state index in [0.717, 1.165) is 16.2 Å². The molecule has 158 valence electrons. The minimum Gasteiger partial charge on any atom is -0.481 e. The van der Waals surface area contributed by atoms with E-state index in [1.54, 1.807) is 23.9 Å². The molecule has 1 atom stereocenters. The van der Waals surface area contributed by atoms with E-state index in [1.165, 1.54) is 6.20 Å². The molecule has 0 aliphatic carbocycles. The molecule has 0 aliphatic rings. The molecule has 4 aromatic rings. The Hall–Kier alpha value is -3.94. The molecule has 0 radical (unpaired) electrons. The average Bonchev–Trinajstić information content (AvgIpc) is 3.20. The number of rotatable bonds is 5. The summed E-state index contributed by atoms with van der Waals surface area (Å²) in [6.45, 7) is 5.63. The Labute approximate surface area is 179 Å². The van der Waals surface area contributed by atoms with Crippen LogP contribution in [0.1, 0.15) is 37.2 Å². The smallest absolute Gasteiger partial charge is 0.279 e. The van der Waals surface area contributed by atoms with Gasteiger partial charge in [0.15, 0.2) is 11.8 Å². The highest BCUT2D eigenvalue weighted by molar-refractivity contribution is 5.98. The number of nitrogens with one attached hydrogen (secondary N) is 2. The molecular weight excluding hydrogens is 394 g/mol. The summed E-state index contributed by atoms with van der Waals surface area (Å²) in [6, 6.07) is 15.3. The summed E-state index contributed by atoms with van der Waals surface area (Å²) in [5.74, 6) is -0.370. The van der Waals surface area contributed by atoms with Crippen molar-refractivity contribution in [2.75, 3.05) is 0 Å². The number of carbonyl (C=O) groups excluding carboxylic acids is 2. The molecule has 1 unspecified atom stereocenters. The van der Waals surface area contributed by atoms with Crippen molar-refractivity contribution in [2.24, 2.45) is 0 Å². The van der Waals surface area contributed by atoms with Gasteiger partial charge in [0.1, 0.15) is 5.75 Å². The van der Waals surface area contributed by atoms with Crippen molar-refractivity contribution in [1.29, 1.82) is 0 Å². The maximum absolute atomic E-state index is 12.4. The van der Waals surface area contributed by atoms with Crippen LogP contribution in [0.4, 0.5) is 0 Å². The quantitative estimate of drug-likeness (QED) is 0.485. The summed E-state index contributed by atoms with van der Waals surface area (Å²) >= 11 is 0. The second kappa shape index (κ2) is 8.43. The lowest BCUT2D eigenvalue weighted by Crippen LogP contribution is -2.47. The van der Waals surface area contributed by atoms with Gasteiger partial charge in [-0.2, -0.15) is 5.10 Å². The summed E-state index contributed by atoms with van der Waals surface area (Å²) in [7, 11) is 0. The van der Waals surface area contributed by atoms with Crippen LogP contribution in [0.25, 0.3) is 21.8 Å². The van der Waals surface area contributed by atoms with E-state index in [4.69, 9.17) is 4.74 Å². The van der Waals surface area contributed by atoms with Gasteiger partial charge in [-0.25, -0.2) is 9.67 Å². The van der Waals surface area contributed by atoms with E-state index < -0.39 is 17.9 Å². The summed E-state index contributed by atoms with van der Waals surface area (Å²) < 4.78 is 7.50. The normalized spacial score (nSPS) is 12.1. The van der Waals surface area contributed by atoms with Gasteiger partial charge in [0, 0.05) is 17.6 Å². The van der Waals surface area contributed by atoms with Crippen molar-refractivity contribution in [3.63, 3.8) is 0 Å². The number of nitrogens with zero attached hydrogens (tertiary/aromatic N) is 3. The molecule has 0 aliphatic heterocycles. The molecule has 0 saturated heterocycles. The van der Waals surface area contributed by atoms with Gasteiger partial charge in [0.25, 0.3) is 11.8 Å². The third-order valence-electron chi connectivity index (χ3n) is 4.89. The van der Waals surface area contributed by atoms with Gasteiger partial charge in [-0.15, -0.1) is 0 Å². The minimum atomic E-state index is -0.800. The first-order valence-corrected chi connectivity index (χ1v) is 10.0. The summed E-state index contributed by atoms with van der Waals surface area (Å²) in [4.78, 5) is 29.1. The van der Waals surface area contributed by atoms with E-state index in [9.17, 15) is 9.59 Å². The number of amides is 2. The van der Waals surface area contributed by atoms with Crippen LogP contribution in [0, 0.1) is 0 Å². The number of hydrazine groups is 1. The fourth-order valence-electron chi connectivity index (χ4n) is 3.23. The van der Waals surface area contributed by atoms with Crippen molar-refractivity contribution in [2.45, 2.75) is 32.9 Å². The lowest BCUT2D eigenvalue weighted by atomic mass is 10.1. The lowest BCUT2D eigenvalue weighted by molar-refractivity contribution is -0.128. The first kappa shape index (κ1) is 20.3. The van der Waals surface area contributed by atoms with Gasteiger partial charge in [-0.05, 0) is 49.7 Å². The molecule has 8 heteroatoms. The van der Waals surface area contributed by atoms with Crippen molar-refractivity contribution in [1.82, 2.24) is 25.6 Å². The third kappa shape index (κ3) is 4.32. The van der Waals surface area contributed by atoms with Crippen molar-refractivity contribution in [3.05, 3.63) is 66.5 Å². The van der Waals surface area contributed by atoms with Crippen molar-refractivity contribution >= 4 is 33.6 Å². The molecule has 2 N–H and O–H groups in total. The number of ether oxygens (including phenoxy) is 1. The van der Waals surface area contributed by atoms with Crippen LogP contribution in [0.3, 0.4) is 0 Å². The fourth-order valence-corrected chi connectivity index (χ4v) is 3.23. The Bertz CT molecular complexity index is 1260. The minimum absolute atomic E-state index is 0.160. The summed E-state index contributed by atoms with van der Waals surface area (Å²) in [5, 5.41) is 7.14. The third-order valence-corrected chi connectivity index (χ3v) is 4.89. The summed E-state index contributed by atoms with van der Waals surface area (Å²) in [5.41, 5.74) is 5.82. The maximum atomic E-state index is 12.4. The second-order valence-corrected chi connectivity index (χ2v) is 7.53. The highest BCUT2D eigenvalue weighted by atomic mass is 16.5. The number of hydrogen-bond donors (Lipinski definition) is 2.